The van der Waals surface area contributed by atoms with Gasteiger partial charge >= 0.3 is 0 Å². The van der Waals surface area contributed by atoms with Gasteiger partial charge in [0.05, 0.1) is 6.10 Å². The van der Waals surface area contributed by atoms with Crippen molar-refractivity contribution in [1.82, 2.24) is 9.97 Å². The lowest BCUT2D eigenvalue weighted by Gasteiger charge is -2.20. The van der Waals surface area contributed by atoms with E-state index in [1.54, 1.807) is 6.92 Å². The maximum absolute atomic E-state index is 9.36. The average molecular weight is 238 g/mol. The third-order valence-corrected chi connectivity index (χ3v) is 2.30. The molecular weight excluding hydrogens is 216 g/mol. The van der Waals surface area contributed by atoms with E-state index >= 15 is 0 Å². The van der Waals surface area contributed by atoms with Gasteiger partial charge in [0.1, 0.15) is 5.82 Å². The normalized spacial score (nSPS) is 12.3. The van der Waals surface area contributed by atoms with E-state index in [0.29, 0.717) is 12.5 Å². The van der Waals surface area contributed by atoms with Crippen molar-refractivity contribution in [3.8, 4) is 0 Å². The van der Waals surface area contributed by atoms with Crippen LogP contribution in [0.25, 0.3) is 0 Å². The lowest BCUT2D eigenvalue weighted by molar-refractivity contribution is 0.201. The highest BCUT2D eigenvalue weighted by molar-refractivity contribution is 5.44. The molecule has 5 nitrogen and oxygen atoms in total. The molecule has 0 radical (unpaired) electrons. The number of rotatable bonds is 6. The first kappa shape index (κ1) is 13.7. The van der Waals surface area contributed by atoms with Gasteiger partial charge in [-0.3, -0.25) is 0 Å². The Bertz CT molecular complexity index is 354. The van der Waals surface area contributed by atoms with E-state index in [9.17, 15) is 5.11 Å². The Labute approximate surface area is 103 Å². The van der Waals surface area contributed by atoms with Crippen molar-refractivity contribution in [3.63, 3.8) is 0 Å². The predicted octanol–water partition coefficient (Wildman–Crippen LogP) is 1.42. The molecule has 1 heterocycles. The van der Waals surface area contributed by atoms with Crippen LogP contribution in [0.5, 0.6) is 0 Å². The van der Waals surface area contributed by atoms with Crippen molar-refractivity contribution < 1.29 is 5.11 Å². The molecule has 0 saturated heterocycles. The van der Waals surface area contributed by atoms with E-state index in [1.807, 2.05) is 24.9 Å². The zero-order valence-corrected chi connectivity index (χ0v) is 11.1. The molecule has 0 amide bonds. The van der Waals surface area contributed by atoms with Gasteiger partial charge in [-0.15, -0.1) is 0 Å². The Kier molecular flexibility index (Phi) is 5.15. The first-order valence-corrected chi connectivity index (χ1v) is 6.01. The molecule has 0 aromatic carbocycles. The fourth-order valence-electron chi connectivity index (χ4n) is 1.55. The van der Waals surface area contributed by atoms with Crippen molar-refractivity contribution in [3.05, 3.63) is 11.8 Å². The highest BCUT2D eigenvalue weighted by atomic mass is 16.3. The summed E-state index contributed by atoms with van der Waals surface area (Å²) in [5.74, 6) is 1.48. The second kappa shape index (κ2) is 6.39. The van der Waals surface area contributed by atoms with E-state index in [2.05, 4.69) is 22.2 Å². The SMILES string of the molecule is CCCNc1nc(C)cc(N(C)CC(C)O)n1. The van der Waals surface area contributed by atoms with E-state index in [4.69, 9.17) is 0 Å². The first-order chi connectivity index (χ1) is 8.02. The second-order valence-electron chi connectivity index (χ2n) is 4.35. The van der Waals surface area contributed by atoms with E-state index in [0.717, 1.165) is 24.5 Å². The molecule has 2 N–H and O–H groups in total. The van der Waals surface area contributed by atoms with Gasteiger partial charge in [0.2, 0.25) is 5.95 Å². The summed E-state index contributed by atoms with van der Waals surface area (Å²) in [5.41, 5.74) is 0.922. The van der Waals surface area contributed by atoms with Gasteiger partial charge in [-0.25, -0.2) is 4.98 Å². The number of likely N-dealkylation sites (N-methyl/N-ethyl adjacent to an activating group) is 1. The Balaban J connectivity index is 2.80. The molecule has 0 fully saturated rings. The van der Waals surface area contributed by atoms with Crippen molar-refractivity contribution in [2.45, 2.75) is 33.3 Å². The second-order valence-corrected chi connectivity index (χ2v) is 4.35. The van der Waals surface area contributed by atoms with Crippen molar-refractivity contribution in [2.24, 2.45) is 0 Å². The van der Waals surface area contributed by atoms with Gasteiger partial charge in [-0.2, -0.15) is 4.98 Å². The summed E-state index contributed by atoms with van der Waals surface area (Å²) in [5, 5.41) is 12.5. The Morgan fingerprint density at radius 2 is 2.18 bits per heavy atom. The molecule has 0 spiro atoms. The van der Waals surface area contributed by atoms with Gasteiger partial charge in [-0.1, -0.05) is 6.92 Å². The minimum Gasteiger partial charge on any atom is -0.392 e. The lowest BCUT2D eigenvalue weighted by atomic mass is 10.3. The summed E-state index contributed by atoms with van der Waals surface area (Å²) in [4.78, 5) is 10.7. The standard InChI is InChI=1S/C12H22N4O/c1-5-6-13-12-14-9(2)7-11(15-12)16(4)8-10(3)17/h7,10,17H,5-6,8H2,1-4H3,(H,13,14,15). The number of hydrogen-bond donors (Lipinski definition) is 2. The number of aryl methyl sites for hydroxylation is 1. The zero-order valence-electron chi connectivity index (χ0n) is 11.1. The third-order valence-electron chi connectivity index (χ3n) is 2.30. The van der Waals surface area contributed by atoms with Crippen LogP contribution in [0.4, 0.5) is 11.8 Å². The molecule has 0 saturated carbocycles. The smallest absolute Gasteiger partial charge is 0.224 e. The molecule has 0 aliphatic carbocycles. The summed E-state index contributed by atoms with van der Waals surface area (Å²) >= 11 is 0. The summed E-state index contributed by atoms with van der Waals surface area (Å²) in [6.07, 6.45) is 0.665. The highest BCUT2D eigenvalue weighted by Gasteiger charge is 2.08. The number of nitrogens with zero attached hydrogens (tertiary/aromatic N) is 3. The molecule has 1 rings (SSSR count). The average Bonchev–Trinajstić information content (AvgIpc) is 2.24. The van der Waals surface area contributed by atoms with Gasteiger partial charge < -0.3 is 15.3 Å². The molecule has 0 bridgehead atoms. The van der Waals surface area contributed by atoms with Crippen LogP contribution in [0, 0.1) is 6.92 Å². The molecule has 1 aromatic heterocycles. The maximum Gasteiger partial charge on any atom is 0.224 e. The van der Waals surface area contributed by atoms with Crippen LogP contribution >= 0.6 is 0 Å². The molecular formula is C12H22N4O. The van der Waals surface area contributed by atoms with E-state index in [1.165, 1.54) is 0 Å². The van der Waals surface area contributed by atoms with Crippen LogP contribution in [0.1, 0.15) is 26.0 Å². The van der Waals surface area contributed by atoms with Gasteiger partial charge in [-0.05, 0) is 20.3 Å². The van der Waals surface area contributed by atoms with Crippen molar-refractivity contribution in [1.29, 1.82) is 0 Å². The summed E-state index contributed by atoms with van der Waals surface area (Å²) in [7, 11) is 1.91. The van der Waals surface area contributed by atoms with Crippen LogP contribution in [0.2, 0.25) is 0 Å². The highest BCUT2D eigenvalue weighted by Crippen LogP contribution is 2.13. The fourth-order valence-corrected chi connectivity index (χ4v) is 1.55. The maximum atomic E-state index is 9.36. The quantitative estimate of drug-likeness (QED) is 0.785. The monoisotopic (exact) mass is 238 g/mol. The number of nitrogens with one attached hydrogen (secondary N) is 1. The van der Waals surface area contributed by atoms with Crippen LogP contribution in [-0.4, -0.2) is 41.3 Å². The molecule has 96 valence electrons. The zero-order chi connectivity index (χ0) is 12.8. The first-order valence-electron chi connectivity index (χ1n) is 6.01. The summed E-state index contributed by atoms with van der Waals surface area (Å²) < 4.78 is 0. The number of hydrogen-bond acceptors (Lipinski definition) is 5. The predicted molar refractivity (Wildman–Crippen MR) is 70.5 cm³/mol. The Morgan fingerprint density at radius 1 is 1.47 bits per heavy atom. The van der Waals surface area contributed by atoms with E-state index < -0.39 is 0 Å². The van der Waals surface area contributed by atoms with Crippen molar-refractivity contribution >= 4 is 11.8 Å². The van der Waals surface area contributed by atoms with Gasteiger partial charge in [0.15, 0.2) is 0 Å². The largest absolute Gasteiger partial charge is 0.392 e. The molecule has 1 unspecified atom stereocenters. The fraction of sp³-hybridized carbons (Fsp3) is 0.667. The molecule has 17 heavy (non-hydrogen) atoms. The van der Waals surface area contributed by atoms with Crippen molar-refractivity contribution in [2.75, 3.05) is 30.4 Å². The summed E-state index contributed by atoms with van der Waals surface area (Å²) in [6.45, 7) is 7.23. The van der Waals surface area contributed by atoms with Gasteiger partial charge in [0.25, 0.3) is 0 Å². The summed E-state index contributed by atoms with van der Waals surface area (Å²) in [6, 6.07) is 1.92. The minimum absolute atomic E-state index is 0.373. The Morgan fingerprint density at radius 3 is 2.76 bits per heavy atom. The minimum atomic E-state index is -0.373. The van der Waals surface area contributed by atoms with Crippen LogP contribution in [0.3, 0.4) is 0 Å². The van der Waals surface area contributed by atoms with Crippen LogP contribution in [0.15, 0.2) is 6.07 Å². The number of aliphatic hydroxyl groups is 1. The lowest BCUT2D eigenvalue weighted by Crippen LogP contribution is -2.28. The Hall–Kier alpha value is -1.36. The topological polar surface area (TPSA) is 61.3 Å². The molecule has 0 aliphatic rings. The molecule has 1 atom stereocenters. The van der Waals surface area contributed by atoms with Gasteiger partial charge in [0, 0.05) is 31.9 Å². The molecule has 5 heteroatoms. The number of anilines is 2. The molecule has 0 aliphatic heterocycles. The number of aliphatic hydroxyl groups excluding tert-OH is 1. The molecule has 1 aromatic rings. The van der Waals surface area contributed by atoms with Crippen LogP contribution in [-0.2, 0) is 0 Å². The van der Waals surface area contributed by atoms with Crippen LogP contribution < -0.4 is 10.2 Å². The number of aromatic nitrogens is 2. The third kappa shape index (κ3) is 4.56. The van der Waals surface area contributed by atoms with E-state index in [-0.39, 0.29) is 6.10 Å².